The van der Waals surface area contributed by atoms with E-state index in [4.69, 9.17) is 23.2 Å². The number of carbonyl (C=O) groups is 2. The Morgan fingerprint density at radius 3 is 2.32 bits per heavy atom. The van der Waals surface area contributed by atoms with E-state index in [9.17, 15) is 18.0 Å². The van der Waals surface area contributed by atoms with Crippen molar-refractivity contribution in [3.05, 3.63) is 63.1 Å². The third-order valence-electron chi connectivity index (χ3n) is 6.99. The zero-order valence-electron chi connectivity index (χ0n) is 22.5. The predicted molar refractivity (Wildman–Crippen MR) is 154 cm³/mol. The SMILES string of the molecule is CC[C@H](C(=O)NC1CCCCC1)N(Cc1ccc(Cl)c(Cl)c1)C(=O)CN(c1cc(C)ccc1C)S(C)(=O)=O. The minimum Gasteiger partial charge on any atom is -0.352 e. The topological polar surface area (TPSA) is 86.8 Å². The summed E-state index contributed by atoms with van der Waals surface area (Å²) in [6, 6.07) is 9.82. The first kappa shape index (κ1) is 30.3. The summed E-state index contributed by atoms with van der Waals surface area (Å²) in [5, 5.41) is 3.85. The highest BCUT2D eigenvalue weighted by atomic mass is 35.5. The van der Waals surface area contributed by atoms with Crippen LogP contribution in [0.3, 0.4) is 0 Å². The second-order valence-electron chi connectivity index (χ2n) is 10.1. The van der Waals surface area contributed by atoms with Crippen LogP contribution in [0, 0.1) is 13.8 Å². The van der Waals surface area contributed by atoms with Gasteiger partial charge in [0.2, 0.25) is 21.8 Å². The highest BCUT2D eigenvalue weighted by Crippen LogP contribution is 2.27. The van der Waals surface area contributed by atoms with E-state index in [-0.39, 0.29) is 18.5 Å². The van der Waals surface area contributed by atoms with Crippen LogP contribution in [0.4, 0.5) is 5.69 Å². The lowest BCUT2D eigenvalue weighted by Crippen LogP contribution is -2.54. The van der Waals surface area contributed by atoms with Crippen molar-refractivity contribution in [3.8, 4) is 0 Å². The minimum absolute atomic E-state index is 0.0784. The summed E-state index contributed by atoms with van der Waals surface area (Å²) in [4.78, 5) is 28.8. The van der Waals surface area contributed by atoms with Crippen molar-refractivity contribution in [1.82, 2.24) is 10.2 Å². The largest absolute Gasteiger partial charge is 0.352 e. The number of nitrogens with zero attached hydrogens (tertiary/aromatic N) is 2. The third kappa shape index (κ3) is 7.87. The van der Waals surface area contributed by atoms with Crippen molar-refractivity contribution in [1.29, 1.82) is 0 Å². The average Bonchev–Trinajstić information content (AvgIpc) is 2.86. The maximum absolute atomic E-state index is 13.9. The Balaban J connectivity index is 1.96. The van der Waals surface area contributed by atoms with Crippen molar-refractivity contribution < 1.29 is 18.0 Å². The van der Waals surface area contributed by atoms with Gasteiger partial charge in [-0.2, -0.15) is 0 Å². The van der Waals surface area contributed by atoms with Crippen LogP contribution in [0.15, 0.2) is 36.4 Å². The lowest BCUT2D eigenvalue weighted by Gasteiger charge is -2.34. The predicted octanol–water partition coefficient (Wildman–Crippen LogP) is 5.63. The summed E-state index contributed by atoms with van der Waals surface area (Å²) < 4.78 is 26.9. The zero-order chi connectivity index (χ0) is 28.0. The molecule has 7 nitrogen and oxygen atoms in total. The van der Waals surface area contributed by atoms with Crippen molar-refractivity contribution in [2.75, 3.05) is 17.1 Å². The van der Waals surface area contributed by atoms with E-state index in [2.05, 4.69) is 5.32 Å². The maximum Gasteiger partial charge on any atom is 0.244 e. The number of anilines is 1. The molecule has 1 aliphatic rings. The molecular formula is C28H37Cl2N3O4S. The van der Waals surface area contributed by atoms with Gasteiger partial charge in [-0.3, -0.25) is 13.9 Å². The van der Waals surface area contributed by atoms with Gasteiger partial charge in [-0.1, -0.05) is 67.6 Å². The van der Waals surface area contributed by atoms with Crippen LogP contribution in [0.2, 0.25) is 10.0 Å². The number of hydrogen-bond acceptors (Lipinski definition) is 4. The number of benzene rings is 2. The first-order valence-corrected chi connectivity index (χ1v) is 15.6. The second-order valence-corrected chi connectivity index (χ2v) is 12.8. The van der Waals surface area contributed by atoms with Gasteiger partial charge in [-0.05, 0) is 68.0 Å². The molecule has 1 saturated carbocycles. The first-order chi connectivity index (χ1) is 17.9. The van der Waals surface area contributed by atoms with Crippen molar-refractivity contribution in [3.63, 3.8) is 0 Å². The summed E-state index contributed by atoms with van der Waals surface area (Å²) in [6.45, 7) is 5.16. The molecule has 3 rings (SSSR count). The van der Waals surface area contributed by atoms with Crippen LogP contribution in [0.25, 0.3) is 0 Å². The van der Waals surface area contributed by atoms with Gasteiger partial charge in [-0.15, -0.1) is 0 Å². The van der Waals surface area contributed by atoms with E-state index in [1.54, 1.807) is 31.2 Å². The Labute approximate surface area is 236 Å². The van der Waals surface area contributed by atoms with E-state index in [0.717, 1.165) is 53.8 Å². The molecule has 38 heavy (non-hydrogen) atoms. The molecule has 2 amide bonds. The molecule has 0 radical (unpaired) electrons. The number of aryl methyl sites for hydroxylation is 2. The molecule has 0 heterocycles. The molecule has 208 valence electrons. The molecule has 0 bridgehead atoms. The van der Waals surface area contributed by atoms with E-state index < -0.39 is 28.5 Å². The highest BCUT2D eigenvalue weighted by molar-refractivity contribution is 7.92. The third-order valence-corrected chi connectivity index (χ3v) is 8.85. The van der Waals surface area contributed by atoms with E-state index in [1.807, 2.05) is 26.0 Å². The Morgan fingerprint density at radius 2 is 1.71 bits per heavy atom. The summed E-state index contributed by atoms with van der Waals surface area (Å²) in [5.74, 6) is -0.710. The fourth-order valence-corrected chi connectivity index (χ4v) is 6.10. The second kappa shape index (κ2) is 13.2. The van der Waals surface area contributed by atoms with Gasteiger partial charge in [0.05, 0.1) is 22.0 Å². The molecule has 0 aromatic heterocycles. The number of nitrogens with one attached hydrogen (secondary N) is 1. The zero-order valence-corrected chi connectivity index (χ0v) is 24.8. The molecule has 0 spiro atoms. The van der Waals surface area contributed by atoms with Gasteiger partial charge in [0.1, 0.15) is 12.6 Å². The summed E-state index contributed by atoms with van der Waals surface area (Å²) in [5.41, 5.74) is 2.73. The number of amides is 2. The number of halogens is 2. The molecule has 2 aromatic rings. The maximum atomic E-state index is 13.9. The number of sulfonamides is 1. The van der Waals surface area contributed by atoms with Crippen LogP contribution >= 0.6 is 23.2 Å². The van der Waals surface area contributed by atoms with E-state index >= 15 is 0 Å². The molecular weight excluding hydrogens is 545 g/mol. The normalized spacial score (nSPS) is 15.1. The smallest absolute Gasteiger partial charge is 0.244 e. The summed E-state index contributed by atoms with van der Waals surface area (Å²) >= 11 is 12.3. The van der Waals surface area contributed by atoms with Crippen molar-refractivity contribution >= 4 is 50.7 Å². The summed E-state index contributed by atoms with van der Waals surface area (Å²) in [7, 11) is -3.80. The lowest BCUT2D eigenvalue weighted by molar-refractivity contribution is -0.140. The standard InChI is InChI=1S/C28H37Cl2N3O4S/c1-5-25(28(35)31-22-9-7-6-8-10-22)32(17-21-13-14-23(29)24(30)16-21)27(34)18-33(38(4,36)37)26-15-19(2)11-12-20(26)3/h11-16,22,25H,5-10,17-18H2,1-4H3,(H,31,35)/t25-/m1/s1. The van der Waals surface area contributed by atoms with Gasteiger partial charge < -0.3 is 10.2 Å². The lowest BCUT2D eigenvalue weighted by atomic mass is 9.95. The molecule has 0 aliphatic heterocycles. The average molecular weight is 583 g/mol. The van der Waals surface area contributed by atoms with E-state index in [0.29, 0.717) is 27.7 Å². The monoisotopic (exact) mass is 581 g/mol. The number of carbonyl (C=O) groups excluding carboxylic acids is 2. The fourth-order valence-electron chi connectivity index (χ4n) is 4.88. The van der Waals surface area contributed by atoms with Gasteiger partial charge >= 0.3 is 0 Å². The fraction of sp³-hybridized carbons (Fsp3) is 0.500. The molecule has 2 aromatic carbocycles. The Morgan fingerprint density at radius 1 is 1.03 bits per heavy atom. The molecule has 1 fully saturated rings. The van der Waals surface area contributed by atoms with Gasteiger partial charge in [0.15, 0.2) is 0 Å². The Hall–Kier alpha value is -2.29. The van der Waals surface area contributed by atoms with Gasteiger partial charge in [-0.25, -0.2) is 8.42 Å². The van der Waals surface area contributed by atoms with E-state index in [1.165, 1.54) is 4.90 Å². The minimum atomic E-state index is -3.80. The first-order valence-electron chi connectivity index (χ1n) is 13.0. The molecule has 1 N–H and O–H groups in total. The molecule has 10 heteroatoms. The quantitative estimate of drug-likeness (QED) is 0.393. The van der Waals surface area contributed by atoms with Crippen LogP contribution < -0.4 is 9.62 Å². The van der Waals surface area contributed by atoms with Crippen molar-refractivity contribution in [2.45, 2.75) is 77.9 Å². The number of rotatable bonds is 10. The Kier molecular flexibility index (Phi) is 10.5. The van der Waals surface area contributed by atoms with Crippen LogP contribution in [0.5, 0.6) is 0 Å². The number of hydrogen-bond donors (Lipinski definition) is 1. The molecule has 0 saturated heterocycles. The highest BCUT2D eigenvalue weighted by Gasteiger charge is 2.33. The van der Waals surface area contributed by atoms with Crippen LogP contribution in [-0.2, 0) is 26.2 Å². The van der Waals surface area contributed by atoms with Crippen LogP contribution in [-0.4, -0.2) is 50.0 Å². The Bertz CT molecular complexity index is 1260. The molecule has 0 unspecified atom stereocenters. The van der Waals surface area contributed by atoms with Gasteiger partial charge in [0, 0.05) is 12.6 Å². The van der Waals surface area contributed by atoms with Gasteiger partial charge in [0.25, 0.3) is 0 Å². The molecule has 1 aliphatic carbocycles. The van der Waals surface area contributed by atoms with Crippen LogP contribution in [0.1, 0.15) is 62.1 Å². The van der Waals surface area contributed by atoms with Crippen molar-refractivity contribution in [2.24, 2.45) is 0 Å². The summed E-state index contributed by atoms with van der Waals surface area (Å²) in [6.07, 6.45) is 6.56. The molecule has 1 atom stereocenters.